The van der Waals surface area contributed by atoms with Crippen LogP contribution in [0.5, 0.6) is 0 Å². The van der Waals surface area contributed by atoms with Gasteiger partial charge in [-0.05, 0) is 7.05 Å². The van der Waals surface area contributed by atoms with Crippen LogP contribution in [-0.4, -0.2) is 67.4 Å². The van der Waals surface area contributed by atoms with Gasteiger partial charge in [-0.15, -0.1) is 0 Å². The molecule has 17 heavy (non-hydrogen) atoms. The summed E-state index contributed by atoms with van der Waals surface area (Å²) in [7, 11) is 1.95. The van der Waals surface area contributed by atoms with Crippen molar-refractivity contribution in [2.24, 2.45) is 0 Å². The number of rotatable bonds is 1. The molecule has 2 aliphatic rings. The van der Waals surface area contributed by atoms with Crippen molar-refractivity contribution in [3.8, 4) is 0 Å². The summed E-state index contributed by atoms with van der Waals surface area (Å²) in [6, 6.07) is 0.112. The Labute approximate surface area is 98.3 Å². The number of morpholine rings is 1. The van der Waals surface area contributed by atoms with Crippen molar-refractivity contribution < 1.29 is 23.0 Å². The summed E-state index contributed by atoms with van der Waals surface area (Å²) in [6.07, 6.45) is -4.38. The molecule has 2 unspecified atom stereocenters. The number of carbonyl (C=O) groups is 1. The average molecular weight is 250 g/mol. The Balaban J connectivity index is 1.97. The summed E-state index contributed by atoms with van der Waals surface area (Å²) in [5, 5.41) is 0. The summed E-state index contributed by atoms with van der Waals surface area (Å²) >= 11 is 0. The molecule has 0 aromatic heterocycles. The number of alkyl halides is 2. The van der Waals surface area contributed by atoms with E-state index in [0.717, 1.165) is 0 Å². The third-order valence-electron chi connectivity index (χ3n) is 3.16. The number of hydrogen-bond acceptors (Lipinski definition) is 4. The van der Waals surface area contributed by atoms with Crippen LogP contribution in [0.15, 0.2) is 0 Å². The van der Waals surface area contributed by atoms with Crippen LogP contribution in [-0.2, 0) is 9.47 Å². The predicted octanol–water partition coefficient (Wildman–Crippen LogP) is 0.750. The minimum atomic E-state index is -3.42. The molecule has 0 aromatic carbocycles. The van der Waals surface area contributed by atoms with Gasteiger partial charge < -0.3 is 14.4 Å². The minimum Gasteiger partial charge on any atom is -0.384 e. The van der Waals surface area contributed by atoms with Gasteiger partial charge >= 0.3 is 12.2 Å². The number of piperazine rings is 1. The Kier molecular flexibility index (Phi) is 3.22. The van der Waals surface area contributed by atoms with E-state index in [-0.39, 0.29) is 12.1 Å². The maximum atomic E-state index is 12.6. The molecule has 2 rings (SSSR count). The molecule has 2 aliphatic heterocycles. The number of amides is 1. The molecule has 1 amide bonds. The highest BCUT2D eigenvalue weighted by Crippen LogP contribution is 2.22. The SMILES string of the molecule is CN1C2COCC1CN(C(=O)OC(C)(F)F)C2. The third-order valence-corrected chi connectivity index (χ3v) is 3.16. The molecule has 0 spiro atoms. The normalized spacial score (nSPS) is 30.2. The monoisotopic (exact) mass is 250 g/mol. The predicted molar refractivity (Wildman–Crippen MR) is 54.8 cm³/mol. The summed E-state index contributed by atoms with van der Waals surface area (Å²) in [5.74, 6) is 0. The highest BCUT2D eigenvalue weighted by Gasteiger charge is 2.39. The van der Waals surface area contributed by atoms with Gasteiger partial charge in [-0.25, -0.2) is 4.79 Å². The first kappa shape index (κ1) is 12.5. The number of carbonyl (C=O) groups excluding carboxylic acids is 1. The van der Waals surface area contributed by atoms with Crippen molar-refractivity contribution in [2.45, 2.75) is 25.1 Å². The second kappa shape index (κ2) is 4.38. The fourth-order valence-electron chi connectivity index (χ4n) is 2.19. The van der Waals surface area contributed by atoms with Gasteiger partial charge in [0.1, 0.15) is 0 Å². The zero-order valence-electron chi connectivity index (χ0n) is 9.86. The van der Waals surface area contributed by atoms with Crippen LogP contribution in [0, 0.1) is 0 Å². The molecule has 98 valence electrons. The molecule has 5 nitrogen and oxygen atoms in total. The van der Waals surface area contributed by atoms with Crippen molar-refractivity contribution in [1.82, 2.24) is 9.80 Å². The van der Waals surface area contributed by atoms with Crippen LogP contribution >= 0.6 is 0 Å². The molecular weight excluding hydrogens is 234 g/mol. The topological polar surface area (TPSA) is 42.0 Å². The lowest BCUT2D eigenvalue weighted by Gasteiger charge is -2.47. The highest BCUT2D eigenvalue weighted by molar-refractivity contribution is 5.68. The standard InChI is InChI=1S/C10H16F2N2O3/c1-10(11,12)17-9(15)14-3-7-5-16-6-8(4-14)13(7)2/h7-8H,3-6H2,1-2H3. The second-order valence-corrected chi connectivity index (χ2v) is 4.59. The van der Waals surface area contributed by atoms with Gasteiger partial charge in [0, 0.05) is 20.0 Å². The molecule has 0 saturated carbocycles. The van der Waals surface area contributed by atoms with Gasteiger partial charge in [0.25, 0.3) is 0 Å². The Morgan fingerprint density at radius 1 is 1.35 bits per heavy atom. The highest BCUT2D eigenvalue weighted by atomic mass is 19.3. The molecule has 0 radical (unpaired) electrons. The molecule has 2 bridgehead atoms. The summed E-state index contributed by atoms with van der Waals surface area (Å²) in [5.41, 5.74) is 0. The van der Waals surface area contributed by atoms with E-state index in [0.29, 0.717) is 33.2 Å². The quantitative estimate of drug-likeness (QED) is 0.688. The van der Waals surface area contributed by atoms with Gasteiger partial charge in [0.05, 0.1) is 25.3 Å². The van der Waals surface area contributed by atoms with E-state index in [2.05, 4.69) is 9.64 Å². The number of fused-ring (bicyclic) bond motifs is 2. The lowest BCUT2D eigenvalue weighted by molar-refractivity contribution is -0.192. The number of nitrogens with zero attached hydrogens (tertiary/aromatic N) is 2. The molecule has 2 atom stereocenters. The Morgan fingerprint density at radius 2 is 1.88 bits per heavy atom. The van der Waals surface area contributed by atoms with Gasteiger partial charge in [-0.1, -0.05) is 0 Å². The number of ether oxygens (including phenoxy) is 2. The molecule has 2 fully saturated rings. The Hall–Kier alpha value is -0.950. The lowest BCUT2D eigenvalue weighted by Crippen LogP contribution is -2.64. The second-order valence-electron chi connectivity index (χ2n) is 4.59. The van der Waals surface area contributed by atoms with E-state index in [9.17, 15) is 13.6 Å². The first-order valence-corrected chi connectivity index (χ1v) is 5.52. The average Bonchev–Trinajstić information content (AvgIpc) is 2.13. The summed E-state index contributed by atoms with van der Waals surface area (Å²) in [4.78, 5) is 15.0. The summed E-state index contributed by atoms with van der Waals surface area (Å²) < 4.78 is 34.6. The van der Waals surface area contributed by atoms with Gasteiger partial charge in [0.2, 0.25) is 0 Å². The van der Waals surface area contributed by atoms with Gasteiger partial charge in [0.15, 0.2) is 0 Å². The van der Waals surface area contributed by atoms with E-state index in [1.54, 1.807) is 0 Å². The smallest absolute Gasteiger partial charge is 0.384 e. The number of hydrogen-bond donors (Lipinski definition) is 0. The number of likely N-dealkylation sites (N-methyl/N-ethyl adjacent to an activating group) is 1. The van der Waals surface area contributed by atoms with Crippen molar-refractivity contribution in [3.05, 3.63) is 0 Å². The van der Waals surface area contributed by atoms with Gasteiger partial charge in [-0.2, -0.15) is 8.78 Å². The van der Waals surface area contributed by atoms with E-state index >= 15 is 0 Å². The van der Waals surface area contributed by atoms with Crippen LogP contribution in [0.2, 0.25) is 0 Å². The van der Waals surface area contributed by atoms with E-state index in [1.165, 1.54) is 4.90 Å². The first-order valence-electron chi connectivity index (χ1n) is 5.52. The first-order chi connectivity index (χ1) is 7.87. The molecule has 0 aliphatic carbocycles. The maximum absolute atomic E-state index is 12.6. The maximum Gasteiger partial charge on any atom is 0.414 e. The van der Waals surface area contributed by atoms with Crippen molar-refractivity contribution in [3.63, 3.8) is 0 Å². The van der Waals surface area contributed by atoms with Crippen LogP contribution in [0.4, 0.5) is 13.6 Å². The number of halogens is 2. The Morgan fingerprint density at radius 3 is 2.35 bits per heavy atom. The van der Waals surface area contributed by atoms with E-state index in [4.69, 9.17) is 4.74 Å². The largest absolute Gasteiger partial charge is 0.414 e. The van der Waals surface area contributed by atoms with Crippen LogP contribution in [0.1, 0.15) is 6.92 Å². The van der Waals surface area contributed by atoms with Crippen LogP contribution < -0.4 is 0 Å². The van der Waals surface area contributed by atoms with E-state index < -0.39 is 12.2 Å². The fraction of sp³-hybridized carbons (Fsp3) is 0.900. The minimum absolute atomic E-state index is 0.0560. The third kappa shape index (κ3) is 2.84. The molecule has 7 heteroatoms. The molecular formula is C10H16F2N2O3. The van der Waals surface area contributed by atoms with Crippen LogP contribution in [0.25, 0.3) is 0 Å². The molecule has 2 saturated heterocycles. The fourth-order valence-corrected chi connectivity index (χ4v) is 2.19. The summed E-state index contributed by atoms with van der Waals surface area (Å²) in [6.45, 7) is 2.31. The zero-order valence-corrected chi connectivity index (χ0v) is 9.86. The van der Waals surface area contributed by atoms with Gasteiger partial charge in [-0.3, -0.25) is 4.90 Å². The lowest BCUT2D eigenvalue weighted by atomic mass is 10.1. The molecule has 0 N–H and O–H groups in total. The van der Waals surface area contributed by atoms with Crippen LogP contribution in [0.3, 0.4) is 0 Å². The van der Waals surface area contributed by atoms with Crippen molar-refractivity contribution in [2.75, 3.05) is 33.4 Å². The zero-order chi connectivity index (χ0) is 12.6. The van der Waals surface area contributed by atoms with Crippen molar-refractivity contribution in [1.29, 1.82) is 0 Å². The Bertz CT molecular complexity index is 294. The van der Waals surface area contributed by atoms with Crippen molar-refractivity contribution >= 4 is 6.09 Å². The molecule has 0 aromatic rings. The van der Waals surface area contributed by atoms with E-state index in [1.807, 2.05) is 7.05 Å². The molecule has 2 heterocycles.